The highest BCUT2D eigenvalue weighted by atomic mass is 16.5. The fourth-order valence-electron chi connectivity index (χ4n) is 2.37. The van der Waals surface area contributed by atoms with E-state index >= 15 is 0 Å². The standard InChI is InChI=1S/C17H14N2O2/c1-21-17(20)11-6-7-16(18)14(8-11)15-10-19-9-12-4-2-3-5-13(12)15/h2-10H,18H2,1H3. The number of benzene rings is 2. The Morgan fingerprint density at radius 3 is 2.71 bits per heavy atom. The largest absolute Gasteiger partial charge is 0.465 e. The number of carbonyl (C=O) groups excluding carboxylic acids is 1. The summed E-state index contributed by atoms with van der Waals surface area (Å²) in [6.07, 6.45) is 3.56. The van der Waals surface area contributed by atoms with E-state index in [0.29, 0.717) is 11.3 Å². The van der Waals surface area contributed by atoms with Crippen LogP contribution >= 0.6 is 0 Å². The molecule has 0 saturated carbocycles. The van der Waals surface area contributed by atoms with Crippen molar-refractivity contribution < 1.29 is 9.53 Å². The van der Waals surface area contributed by atoms with Crippen LogP contribution in [-0.4, -0.2) is 18.1 Å². The zero-order valence-corrected chi connectivity index (χ0v) is 11.5. The second-order valence-corrected chi connectivity index (χ2v) is 4.70. The smallest absolute Gasteiger partial charge is 0.337 e. The van der Waals surface area contributed by atoms with Gasteiger partial charge in [0.2, 0.25) is 0 Å². The second kappa shape index (κ2) is 5.25. The number of carbonyl (C=O) groups is 1. The van der Waals surface area contributed by atoms with Crippen LogP contribution in [0.4, 0.5) is 5.69 Å². The third-order valence-electron chi connectivity index (χ3n) is 3.43. The maximum atomic E-state index is 11.7. The van der Waals surface area contributed by atoms with E-state index in [1.54, 1.807) is 30.6 Å². The minimum atomic E-state index is -0.385. The molecule has 4 nitrogen and oxygen atoms in total. The number of nitrogens with zero attached hydrogens (tertiary/aromatic N) is 1. The molecule has 1 aromatic heterocycles. The van der Waals surface area contributed by atoms with Gasteiger partial charge in [0, 0.05) is 34.6 Å². The lowest BCUT2D eigenvalue weighted by Gasteiger charge is -2.10. The van der Waals surface area contributed by atoms with Crippen molar-refractivity contribution in [1.82, 2.24) is 4.98 Å². The number of aromatic nitrogens is 1. The van der Waals surface area contributed by atoms with Crippen LogP contribution in [0.25, 0.3) is 21.9 Å². The summed E-state index contributed by atoms with van der Waals surface area (Å²) >= 11 is 0. The molecule has 1 heterocycles. The van der Waals surface area contributed by atoms with Gasteiger partial charge < -0.3 is 10.5 Å². The van der Waals surface area contributed by atoms with Crippen molar-refractivity contribution in [2.75, 3.05) is 12.8 Å². The van der Waals surface area contributed by atoms with E-state index in [1.807, 2.05) is 24.3 Å². The molecule has 0 unspecified atom stereocenters. The van der Waals surface area contributed by atoms with Crippen molar-refractivity contribution in [3.8, 4) is 11.1 Å². The van der Waals surface area contributed by atoms with Crippen LogP contribution in [0.3, 0.4) is 0 Å². The molecule has 0 atom stereocenters. The SMILES string of the molecule is COC(=O)c1ccc(N)c(-c2cncc3ccccc23)c1. The molecule has 3 aromatic rings. The van der Waals surface area contributed by atoms with Gasteiger partial charge in [0.05, 0.1) is 12.7 Å². The first-order chi connectivity index (χ1) is 10.2. The number of nitrogen functional groups attached to an aromatic ring is 1. The van der Waals surface area contributed by atoms with E-state index < -0.39 is 0 Å². The van der Waals surface area contributed by atoms with Gasteiger partial charge in [-0.1, -0.05) is 24.3 Å². The average Bonchev–Trinajstić information content (AvgIpc) is 2.54. The van der Waals surface area contributed by atoms with Gasteiger partial charge in [-0.2, -0.15) is 0 Å². The van der Waals surface area contributed by atoms with E-state index in [4.69, 9.17) is 10.5 Å². The number of hydrogen-bond donors (Lipinski definition) is 1. The quantitative estimate of drug-likeness (QED) is 0.577. The Balaban J connectivity index is 2.25. The Bertz CT molecular complexity index is 823. The van der Waals surface area contributed by atoms with E-state index in [0.717, 1.165) is 21.9 Å². The van der Waals surface area contributed by atoms with Crippen LogP contribution in [0.15, 0.2) is 54.9 Å². The number of hydrogen-bond acceptors (Lipinski definition) is 4. The molecule has 2 aromatic carbocycles. The molecule has 0 aliphatic heterocycles. The molecule has 3 rings (SSSR count). The first kappa shape index (κ1) is 13.1. The Hall–Kier alpha value is -2.88. The van der Waals surface area contributed by atoms with Crippen LogP contribution in [0.2, 0.25) is 0 Å². The molecule has 0 aliphatic carbocycles. The van der Waals surface area contributed by atoms with Crippen LogP contribution in [-0.2, 0) is 4.74 Å². The summed E-state index contributed by atoms with van der Waals surface area (Å²) in [7, 11) is 1.36. The van der Waals surface area contributed by atoms with Gasteiger partial charge in [0.15, 0.2) is 0 Å². The molecule has 4 heteroatoms. The minimum absolute atomic E-state index is 0.385. The van der Waals surface area contributed by atoms with E-state index in [9.17, 15) is 4.79 Å². The highest BCUT2D eigenvalue weighted by Crippen LogP contribution is 2.32. The molecule has 0 aliphatic rings. The Kier molecular flexibility index (Phi) is 3.28. The Labute approximate surface area is 122 Å². The number of esters is 1. The molecule has 21 heavy (non-hydrogen) atoms. The molecular formula is C17H14N2O2. The van der Waals surface area contributed by atoms with Gasteiger partial charge in [-0.05, 0) is 23.6 Å². The fourth-order valence-corrected chi connectivity index (χ4v) is 2.37. The lowest BCUT2D eigenvalue weighted by Crippen LogP contribution is -2.02. The highest BCUT2D eigenvalue weighted by molar-refractivity contribution is 6.00. The summed E-state index contributed by atoms with van der Waals surface area (Å²) < 4.78 is 4.76. The third-order valence-corrected chi connectivity index (χ3v) is 3.43. The van der Waals surface area contributed by atoms with Crippen molar-refractivity contribution in [3.05, 3.63) is 60.4 Å². The maximum Gasteiger partial charge on any atom is 0.337 e. The van der Waals surface area contributed by atoms with Gasteiger partial charge in [-0.25, -0.2) is 4.79 Å². The molecule has 0 bridgehead atoms. The summed E-state index contributed by atoms with van der Waals surface area (Å²) in [5.41, 5.74) is 8.82. The third kappa shape index (κ3) is 2.31. The topological polar surface area (TPSA) is 65.2 Å². The van der Waals surface area contributed by atoms with Crippen LogP contribution in [0, 0.1) is 0 Å². The van der Waals surface area contributed by atoms with Crippen molar-refractivity contribution in [1.29, 1.82) is 0 Å². The predicted molar refractivity (Wildman–Crippen MR) is 82.9 cm³/mol. The van der Waals surface area contributed by atoms with Gasteiger partial charge in [-0.3, -0.25) is 4.98 Å². The van der Waals surface area contributed by atoms with Gasteiger partial charge in [-0.15, -0.1) is 0 Å². The minimum Gasteiger partial charge on any atom is -0.465 e. The van der Waals surface area contributed by atoms with E-state index in [2.05, 4.69) is 4.98 Å². The Morgan fingerprint density at radius 1 is 1.10 bits per heavy atom. The highest BCUT2D eigenvalue weighted by Gasteiger charge is 2.12. The molecule has 0 radical (unpaired) electrons. The van der Waals surface area contributed by atoms with E-state index in [-0.39, 0.29) is 5.97 Å². The summed E-state index contributed by atoms with van der Waals surface area (Å²) in [6.45, 7) is 0. The summed E-state index contributed by atoms with van der Waals surface area (Å²) in [5, 5.41) is 2.07. The molecule has 0 fully saturated rings. The number of anilines is 1. The van der Waals surface area contributed by atoms with Crippen molar-refractivity contribution >= 4 is 22.4 Å². The summed E-state index contributed by atoms with van der Waals surface area (Å²) in [4.78, 5) is 15.9. The number of pyridine rings is 1. The summed E-state index contributed by atoms with van der Waals surface area (Å²) in [5.74, 6) is -0.385. The number of nitrogens with two attached hydrogens (primary N) is 1. The molecule has 0 spiro atoms. The maximum absolute atomic E-state index is 11.7. The van der Waals surface area contributed by atoms with Crippen LogP contribution in [0.5, 0.6) is 0 Å². The van der Waals surface area contributed by atoms with Crippen molar-refractivity contribution in [2.45, 2.75) is 0 Å². The molecular weight excluding hydrogens is 264 g/mol. The first-order valence-electron chi connectivity index (χ1n) is 6.51. The second-order valence-electron chi connectivity index (χ2n) is 4.70. The van der Waals surface area contributed by atoms with Gasteiger partial charge in [0.25, 0.3) is 0 Å². The first-order valence-corrected chi connectivity index (χ1v) is 6.51. The number of rotatable bonds is 2. The number of fused-ring (bicyclic) bond motifs is 1. The zero-order valence-electron chi connectivity index (χ0n) is 11.5. The molecule has 2 N–H and O–H groups in total. The molecule has 0 saturated heterocycles. The van der Waals surface area contributed by atoms with Crippen LogP contribution < -0.4 is 5.73 Å². The number of methoxy groups -OCH3 is 1. The van der Waals surface area contributed by atoms with Crippen molar-refractivity contribution in [2.24, 2.45) is 0 Å². The summed E-state index contributed by atoms with van der Waals surface area (Å²) in [6, 6.07) is 13.0. The van der Waals surface area contributed by atoms with Crippen LogP contribution in [0.1, 0.15) is 10.4 Å². The molecule has 104 valence electrons. The predicted octanol–water partition coefficient (Wildman–Crippen LogP) is 3.27. The van der Waals surface area contributed by atoms with Gasteiger partial charge in [0.1, 0.15) is 0 Å². The Morgan fingerprint density at radius 2 is 1.90 bits per heavy atom. The zero-order chi connectivity index (χ0) is 14.8. The average molecular weight is 278 g/mol. The lowest BCUT2D eigenvalue weighted by atomic mass is 9.98. The van der Waals surface area contributed by atoms with Gasteiger partial charge >= 0.3 is 5.97 Å². The lowest BCUT2D eigenvalue weighted by molar-refractivity contribution is 0.0601. The van der Waals surface area contributed by atoms with Crippen molar-refractivity contribution in [3.63, 3.8) is 0 Å². The normalized spacial score (nSPS) is 10.5. The van der Waals surface area contributed by atoms with E-state index in [1.165, 1.54) is 7.11 Å². The fraction of sp³-hybridized carbons (Fsp3) is 0.0588. The number of ether oxygens (including phenoxy) is 1. The monoisotopic (exact) mass is 278 g/mol. The molecule has 0 amide bonds.